The molecule has 0 spiro atoms. The van der Waals surface area contributed by atoms with Gasteiger partial charge in [0.2, 0.25) is 6.29 Å². The second-order valence-electron chi connectivity index (χ2n) is 3.44. The van der Waals surface area contributed by atoms with Gasteiger partial charge in [0.05, 0.1) is 6.61 Å². The van der Waals surface area contributed by atoms with Gasteiger partial charge >= 0.3 is 6.09 Å². The molecule has 1 atom stereocenters. The van der Waals surface area contributed by atoms with Crippen LogP contribution >= 0.6 is 0 Å². The van der Waals surface area contributed by atoms with Gasteiger partial charge in [-0.05, 0) is 19.3 Å². The number of amides is 1. The second kappa shape index (κ2) is 5.62. The predicted octanol–water partition coefficient (Wildman–Crippen LogP) is 1.50. The maximum atomic E-state index is 11.4. The van der Waals surface area contributed by atoms with Gasteiger partial charge in [0.25, 0.3) is 0 Å². The number of rotatable bonds is 4. The van der Waals surface area contributed by atoms with Gasteiger partial charge in [-0.2, -0.15) is 0 Å². The summed E-state index contributed by atoms with van der Waals surface area (Å²) in [5.41, 5.74) is 0. The van der Waals surface area contributed by atoms with Crippen LogP contribution in [0.3, 0.4) is 0 Å². The molecule has 0 N–H and O–H groups in total. The number of likely N-dealkylation sites (tertiary alicyclic amines) is 1. The van der Waals surface area contributed by atoms with Crippen LogP contribution in [-0.2, 0) is 9.53 Å². The van der Waals surface area contributed by atoms with Crippen molar-refractivity contribution in [1.29, 1.82) is 0 Å². The average molecular weight is 198 g/mol. The number of hydrogen-bond acceptors (Lipinski definition) is 3. The minimum absolute atomic E-state index is 0.371. The standard InChI is InChI=1S/C10H16NO3/c1-2-3-7-14-10(13)11-6-4-5-9(11)8-12/h9H,2-7H2,1H3/t9-/m0/s1. The van der Waals surface area contributed by atoms with Crippen LogP contribution in [0.5, 0.6) is 0 Å². The van der Waals surface area contributed by atoms with E-state index in [0.29, 0.717) is 19.6 Å². The largest absolute Gasteiger partial charge is 0.449 e. The zero-order valence-electron chi connectivity index (χ0n) is 8.49. The molecule has 1 fully saturated rings. The highest BCUT2D eigenvalue weighted by molar-refractivity contribution is 5.74. The van der Waals surface area contributed by atoms with Crippen LogP contribution in [0.1, 0.15) is 32.6 Å². The van der Waals surface area contributed by atoms with Gasteiger partial charge in [-0.1, -0.05) is 13.3 Å². The van der Waals surface area contributed by atoms with Gasteiger partial charge in [0.1, 0.15) is 6.04 Å². The van der Waals surface area contributed by atoms with Gasteiger partial charge in [-0.3, -0.25) is 9.69 Å². The molecular formula is C10H16NO3. The highest BCUT2D eigenvalue weighted by Gasteiger charge is 2.29. The molecule has 1 aliphatic heterocycles. The average Bonchev–Trinajstić information content (AvgIpc) is 2.65. The van der Waals surface area contributed by atoms with Crippen molar-refractivity contribution in [1.82, 2.24) is 4.90 Å². The smallest absolute Gasteiger partial charge is 0.410 e. The van der Waals surface area contributed by atoms with Crippen LogP contribution in [0, 0.1) is 0 Å². The van der Waals surface area contributed by atoms with E-state index in [1.165, 1.54) is 4.90 Å². The SMILES string of the molecule is CCCCOC(=O)N1CCC[C@H]1[C]=O. The van der Waals surface area contributed by atoms with Crippen molar-refractivity contribution in [3.05, 3.63) is 0 Å². The van der Waals surface area contributed by atoms with Crippen molar-refractivity contribution in [2.45, 2.75) is 38.6 Å². The Hall–Kier alpha value is -1.06. The predicted molar refractivity (Wildman–Crippen MR) is 51.7 cm³/mol. The van der Waals surface area contributed by atoms with E-state index in [4.69, 9.17) is 4.74 Å². The molecule has 1 aliphatic rings. The van der Waals surface area contributed by atoms with E-state index >= 15 is 0 Å². The van der Waals surface area contributed by atoms with E-state index < -0.39 is 0 Å². The maximum absolute atomic E-state index is 11.4. The van der Waals surface area contributed by atoms with Crippen LogP contribution < -0.4 is 0 Å². The molecule has 0 aromatic carbocycles. The lowest BCUT2D eigenvalue weighted by atomic mass is 10.2. The summed E-state index contributed by atoms with van der Waals surface area (Å²) in [6.07, 6.45) is 4.93. The quantitative estimate of drug-likeness (QED) is 0.643. The molecule has 0 bridgehead atoms. The van der Waals surface area contributed by atoms with Crippen molar-refractivity contribution >= 4 is 12.4 Å². The monoisotopic (exact) mass is 198 g/mol. The highest BCUT2D eigenvalue weighted by atomic mass is 16.6. The van der Waals surface area contributed by atoms with E-state index in [2.05, 4.69) is 0 Å². The molecule has 1 saturated heterocycles. The molecule has 0 unspecified atom stereocenters. The van der Waals surface area contributed by atoms with E-state index in [9.17, 15) is 9.59 Å². The molecule has 79 valence electrons. The summed E-state index contributed by atoms with van der Waals surface area (Å²) >= 11 is 0. The molecule has 4 heteroatoms. The van der Waals surface area contributed by atoms with Crippen molar-refractivity contribution in [2.24, 2.45) is 0 Å². The molecule has 1 rings (SSSR count). The van der Waals surface area contributed by atoms with E-state index in [1.807, 2.05) is 13.2 Å². The van der Waals surface area contributed by atoms with Gasteiger partial charge in [0, 0.05) is 6.54 Å². The van der Waals surface area contributed by atoms with Gasteiger partial charge in [-0.25, -0.2) is 4.79 Å². The normalized spacial score (nSPS) is 20.9. The first kappa shape index (κ1) is 11.0. The zero-order chi connectivity index (χ0) is 10.4. The lowest BCUT2D eigenvalue weighted by Gasteiger charge is -2.18. The minimum Gasteiger partial charge on any atom is -0.449 e. The first-order chi connectivity index (χ1) is 6.79. The van der Waals surface area contributed by atoms with E-state index in [1.54, 1.807) is 0 Å². The molecule has 1 heterocycles. The zero-order valence-corrected chi connectivity index (χ0v) is 8.49. The molecule has 0 saturated carbocycles. The number of hydrogen-bond donors (Lipinski definition) is 0. The summed E-state index contributed by atoms with van der Waals surface area (Å²) in [5.74, 6) is 0. The molecule has 1 radical (unpaired) electrons. The fraction of sp³-hybridized carbons (Fsp3) is 0.800. The van der Waals surface area contributed by atoms with Crippen LogP contribution in [0.15, 0.2) is 0 Å². The number of carbonyl (C=O) groups excluding carboxylic acids is 2. The Morgan fingerprint density at radius 1 is 1.64 bits per heavy atom. The topological polar surface area (TPSA) is 46.6 Å². The summed E-state index contributed by atoms with van der Waals surface area (Å²) in [4.78, 5) is 23.4. The van der Waals surface area contributed by atoms with Gasteiger partial charge < -0.3 is 4.74 Å². The number of carbonyl (C=O) groups is 1. The number of nitrogens with zero attached hydrogens (tertiary/aromatic N) is 1. The van der Waals surface area contributed by atoms with Crippen LogP contribution in [-0.4, -0.2) is 36.5 Å². The lowest BCUT2D eigenvalue weighted by Crippen LogP contribution is -2.36. The molecule has 0 aromatic heterocycles. The Morgan fingerprint density at radius 3 is 3.07 bits per heavy atom. The third-order valence-corrected chi connectivity index (χ3v) is 2.35. The summed E-state index contributed by atoms with van der Waals surface area (Å²) in [5, 5.41) is 0. The van der Waals surface area contributed by atoms with Crippen LogP contribution in [0.25, 0.3) is 0 Å². The minimum atomic E-state index is -0.385. The van der Waals surface area contributed by atoms with Crippen molar-refractivity contribution in [3.63, 3.8) is 0 Å². The Morgan fingerprint density at radius 2 is 2.43 bits per heavy atom. The number of unbranched alkanes of at least 4 members (excludes halogenated alkanes) is 1. The van der Waals surface area contributed by atoms with Crippen molar-refractivity contribution < 1.29 is 14.3 Å². The van der Waals surface area contributed by atoms with Crippen LogP contribution in [0.2, 0.25) is 0 Å². The first-order valence-corrected chi connectivity index (χ1v) is 5.10. The third-order valence-electron chi connectivity index (χ3n) is 2.35. The van der Waals surface area contributed by atoms with E-state index in [-0.39, 0.29) is 12.1 Å². The van der Waals surface area contributed by atoms with E-state index in [0.717, 1.165) is 19.3 Å². The third kappa shape index (κ3) is 2.72. The fourth-order valence-corrected chi connectivity index (χ4v) is 1.49. The summed E-state index contributed by atoms with van der Waals surface area (Å²) in [7, 11) is 0. The number of ether oxygens (including phenoxy) is 1. The van der Waals surface area contributed by atoms with Crippen molar-refractivity contribution in [3.8, 4) is 0 Å². The van der Waals surface area contributed by atoms with Crippen molar-refractivity contribution in [2.75, 3.05) is 13.2 Å². The summed E-state index contributed by atoms with van der Waals surface area (Å²) in [6, 6.07) is -0.385. The molecular weight excluding hydrogens is 182 g/mol. The first-order valence-electron chi connectivity index (χ1n) is 5.10. The highest BCUT2D eigenvalue weighted by Crippen LogP contribution is 2.16. The summed E-state index contributed by atoms with van der Waals surface area (Å²) < 4.78 is 5.01. The second-order valence-corrected chi connectivity index (χ2v) is 3.44. The molecule has 0 aliphatic carbocycles. The van der Waals surface area contributed by atoms with Gasteiger partial charge in [-0.15, -0.1) is 0 Å². The Bertz CT molecular complexity index is 206. The molecule has 1 amide bonds. The fourth-order valence-electron chi connectivity index (χ4n) is 1.49. The summed E-state index contributed by atoms with van der Waals surface area (Å²) in [6.45, 7) is 3.09. The van der Waals surface area contributed by atoms with Crippen LogP contribution in [0.4, 0.5) is 4.79 Å². The van der Waals surface area contributed by atoms with Gasteiger partial charge in [0.15, 0.2) is 0 Å². The molecule has 14 heavy (non-hydrogen) atoms. The Labute approximate surface area is 84.2 Å². The Balaban J connectivity index is 2.32. The molecule has 0 aromatic rings. The Kier molecular flexibility index (Phi) is 4.43. The molecule has 4 nitrogen and oxygen atoms in total. The lowest BCUT2D eigenvalue weighted by molar-refractivity contribution is 0.104. The maximum Gasteiger partial charge on any atom is 0.410 e.